The minimum atomic E-state index is -0.0818. The van der Waals surface area contributed by atoms with Gasteiger partial charge >= 0.3 is 0 Å². The van der Waals surface area contributed by atoms with Gasteiger partial charge in [0.25, 0.3) is 0 Å². The van der Waals surface area contributed by atoms with Crippen molar-refractivity contribution in [2.75, 3.05) is 20.0 Å². The zero-order chi connectivity index (χ0) is 20.9. The lowest BCUT2D eigenvalue weighted by molar-refractivity contribution is 0.101. The molecule has 0 unspecified atom stereocenters. The van der Waals surface area contributed by atoms with Crippen LogP contribution in [0.2, 0.25) is 0 Å². The van der Waals surface area contributed by atoms with Crippen LogP contribution in [0.5, 0.6) is 11.5 Å². The first-order valence-corrected chi connectivity index (χ1v) is 10.1. The van der Waals surface area contributed by atoms with Crippen LogP contribution in [0.3, 0.4) is 0 Å². The molecule has 0 saturated heterocycles. The second kappa shape index (κ2) is 8.87. The number of thioether (sulfide) groups is 1. The van der Waals surface area contributed by atoms with Gasteiger partial charge in [-0.3, -0.25) is 9.36 Å². The fraction of sp³-hybridized carbons (Fsp3) is 0.136. The van der Waals surface area contributed by atoms with E-state index in [1.165, 1.54) is 18.9 Å². The molecule has 0 aliphatic carbocycles. The molecule has 0 N–H and O–H groups in total. The Labute approximate surface area is 177 Å². The molecule has 2 aromatic heterocycles. The lowest BCUT2D eigenvalue weighted by atomic mass is 10.1. The highest BCUT2D eigenvalue weighted by Crippen LogP contribution is 2.30. The molecule has 30 heavy (non-hydrogen) atoms. The summed E-state index contributed by atoms with van der Waals surface area (Å²) in [4.78, 5) is 12.9. The number of carbonyl (C=O) groups is 1. The summed E-state index contributed by atoms with van der Waals surface area (Å²) in [6, 6.07) is 18.5. The van der Waals surface area contributed by atoms with E-state index in [0.29, 0.717) is 33.8 Å². The average Bonchev–Trinajstić information content (AvgIpc) is 3.47. The monoisotopic (exact) mass is 421 g/mol. The van der Waals surface area contributed by atoms with Gasteiger partial charge in [0.2, 0.25) is 5.82 Å². The lowest BCUT2D eigenvalue weighted by Crippen LogP contribution is -2.07. The Morgan fingerprint density at radius 1 is 1.03 bits per heavy atom. The summed E-state index contributed by atoms with van der Waals surface area (Å²) in [6.45, 7) is 0. The van der Waals surface area contributed by atoms with Gasteiger partial charge in [-0.05, 0) is 36.4 Å². The van der Waals surface area contributed by atoms with Crippen molar-refractivity contribution in [2.45, 2.75) is 5.16 Å². The SMILES string of the molecule is COc1ccc(C(=O)CSc2nnc(-c3ccco3)n2-c2ccccc2)c(OC)c1. The van der Waals surface area contributed by atoms with Gasteiger partial charge in [-0.2, -0.15) is 0 Å². The van der Waals surface area contributed by atoms with E-state index in [1.54, 1.807) is 37.6 Å². The van der Waals surface area contributed by atoms with E-state index >= 15 is 0 Å². The van der Waals surface area contributed by atoms with E-state index in [0.717, 1.165) is 5.69 Å². The molecule has 4 rings (SSSR count). The van der Waals surface area contributed by atoms with Crippen LogP contribution in [0.15, 0.2) is 76.5 Å². The first-order chi connectivity index (χ1) is 14.7. The Balaban J connectivity index is 1.62. The maximum absolute atomic E-state index is 12.9. The molecule has 0 fully saturated rings. The quantitative estimate of drug-likeness (QED) is 0.306. The molecule has 0 amide bonds. The van der Waals surface area contributed by atoms with E-state index in [9.17, 15) is 4.79 Å². The van der Waals surface area contributed by atoms with E-state index in [-0.39, 0.29) is 11.5 Å². The number of carbonyl (C=O) groups excluding carboxylic acids is 1. The van der Waals surface area contributed by atoms with Gasteiger partial charge < -0.3 is 13.9 Å². The van der Waals surface area contributed by atoms with Gasteiger partial charge in [0.1, 0.15) is 11.5 Å². The van der Waals surface area contributed by atoms with Gasteiger partial charge in [0.15, 0.2) is 16.7 Å². The molecule has 8 heteroatoms. The van der Waals surface area contributed by atoms with Crippen LogP contribution >= 0.6 is 11.8 Å². The molecule has 2 heterocycles. The number of methoxy groups -OCH3 is 2. The molecule has 0 bridgehead atoms. The predicted molar refractivity (Wildman–Crippen MR) is 114 cm³/mol. The van der Waals surface area contributed by atoms with Gasteiger partial charge in [-0.1, -0.05) is 30.0 Å². The van der Waals surface area contributed by atoms with Crippen molar-refractivity contribution >= 4 is 17.5 Å². The number of ether oxygens (including phenoxy) is 2. The van der Waals surface area contributed by atoms with E-state index < -0.39 is 0 Å². The molecular formula is C22H19N3O4S. The van der Waals surface area contributed by atoms with Crippen molar-refractivity contribution in [1.82, 2.24) is 14.8 Å². The van der Waals surface area contributed by atoms with Crippen molar-refractivity contribution in [3.05, 3.63) is 72.5 Å². The number of hydrogen-bond acceptors (Lipinski definition) is 7. The third kappa shape index (κ3) is 3.95. The summed E-state index contributed by atoms with van der Waals surface area (Å²) < 4.78 is 17.9. The molecule has 0 spiro atoms. The lowest BCUT2D eigenvalue weighted by Gasteiger charge is -2.10. The van der Waals surface area contributed by atoms with E-state index in [2.05, 4.69) is 10.2 Å². The molecule has 7 nitrogen and oxygen atoms in total. The summed E-state index contributed by atoms with van der Waals surface area (Å²) in [5.41, 5.74) is 1.37. The Kier molecular flexibility index (Phi) is 5.85. The van der Waals surface area contributed by atoms with Crippen molar-refractivity contribution in [3.8, 4) is 28.8 Å². The molecule has 0 atom stereocenters. The Hall–Kier alpha value is -3.52. The number of furan rings is 1. The number of rotatable bonds is 8. The van der Waals surface area contributed by atoms with Crippen LogP contribution in [0.25, 0.3) is 17.3 Å². The smallest absolute Gasteiger partial charge is 0.205 e. The molecule has 2 aromatic carbocycles. The number of hydrogen-bond donors (Lipinski definition) is 0. The highest BCUT2D eigenvalue weighted by atomic mass is 32.2. The summed E-state index contributed by atoms with van der Waals surface area (Å²) in [6.07, 6.45) is 1.59. The third-order valence-electron chi connectivity index (χ3n) is 4.43. The Bertz CT molecular complexity index is 1140. The van der Waals surface area contributed by atoms with Gasteiger partial charge in [0, 0.05) is 11.8 Å². The fourth-order valence-corrected chi connectivity index (χ4v) is 3.81. The van der Waals surface area contributed by atoms with Gasteiger partial charge in [-0.15, -0.1) is 10.2 Å². The van der Waals surface area contributed by atoms with E-state index in [1.807, 2.05) is 41.0 Å². The maximum Gasteiger partial charge on any atom is 0.205 e. The number of ketones is 1. The first kappa shape index (κ1) is 19.8. The Morgan fingerprint density at radius 3 is 2.57 bits per heavy atom. The minimum absolute atomic E-state index is 0.0818. The van der Waals surface area contributed by atoms with Crippen LogP contribution in [0, 0.1) is 0 Å². The van der Waals surface area contributed by atoms with Crippen LogP contribution in [-0.2, 0) is 0 Å². The number of aromatic nitrogens is 3. The third-order valence-corrected chi connectivity index (χ3v) is 5.36. The van der Waals surface area contributed by atoms with Crippen LogP contribution in [-0.4, -0.2) is 40.5 Å². The Morgan fingerprint density at radius 2 is 1.87 bits per heavy atom. The van der Waals surface area contributed by atoms with Crippen LogP contribution in [0.4, 0.5) is 0 Å². The number of nitrogens with zero attached hydrogens (tertiary/aromatic N) is 3. The highest BCUT2D eigenvalue weighted by Gasteiger charge is 2.20. The maximum atomic E-state index is 12.9. The van der Waals surface area contributed by atoms with Crippen molar-refractivity contribution in [3.63, 3.8) is 0 Å². The summed E-state index contributed by atoms with van der Waals surface area (Å²) >= 11 is 1.30. The molecule has 4 aromatic rings. The number of para-hydroxylation sites is 1. The predicted octanol–water partition coefficient (Wildman–Crippen LogP) is 4.52. The summed E-state index contributed by atoms with van der Waals surface area (Å²) in [7, 11) is 3.10. The largest absolute Gasteiger partial charge is 0.497 e. The fourth-order valence-electron chi connectivity index (χ4n) is 2.98. The zero-order valence-corrected chi connectivity index (χ0v) is 17.3. The highest BCUT2D eigenvalue weighted by molar-refractivity contribution is 7.99. The van der Waals surface area contributed by atoms with Crippen molar-refractivity contribution in [1.29, 1.82) is 0 Å². The average molecular weight is 421 g/mol. The van der Waals surface area contributed by atoms with Gasteiger partial charge in [-0.25, -0.2) is 0 Å². The van der Waals surface area contributed by atoms with Crippen molar-refractivity contribution < 1.29 is 18.7 Å². The topological polar surface area (TPSA) is 79.4 Å². The molecule has 0 saturated carbocycles. The number of benzene rings is 2. The normalized spacial score (nSPS) is 10.7. The zero-order valence-electron chi connectivity index (χ0n) is 16.4. The van der Waals surface area contributed by atoms with Crippen molar-refractivity contribution in [2.24, 2.45) is 0 Å². The number of Topliss-reactive ketones (excluding diaryl/α,β-unsaturated/α-hetero) is 1. The van der Waals surface area contributed by atoms with Crippen LogP contribution in [0.1, 0.15) is 10.4 Å². The molecule has 152 valence electrons. The second-order valence-electron chi connectivity index (χ2n) is 6.23. The standard InChI is InChI=1S/C22H19N3O4S/c1-27-16-10-11-17(20(13-16)28-2)18(26)14-30-22-24-23-21(19-9-6-12-29-19)25(22)15-7-4-3-5-8-15/h3-13H,14H2,1-2H3. The molecule has 0 radical (unpaired) electrons. The second-order valence-corrected chi connectivity index (χ2v) is 7.18. The van der Waals surface area contributed by atoms with Crippen LogP contribution < -0.4 is 9.47 Å². The molecular weight excluding hydrogens is 402 g/mol. The summed E-state index contributed by atoms with van der Waals surface area (Å²) in [5.74, 6) is 2.36. The summed E-state index contributed by atoms with van der Waals surface area (Å²) in [5, 5.41) is 9.18. The minimum Gasteiger partial charge on any atom is -0.497 e. The molecule has 0 aliphatic rings. The van der Waals surface area contributed by atoms with E-state index in [4.69, 9.17) is 13.9 Å². The molecule has 0 aliphatic heterocycles. The van der Waals surface area contributed by atoms with Gasteiger partial charge in [0.05, 0.1) is 31.8 Å². The first-order valence-electron chi connectivity index (χ1n) is 9.14.